The lowest BCUT2D eigenvalue weighted by molar-refractivity contribution is 0.00578. The molecule has 20 heavy (non-hydrogen) atoms. The average Bonchev–Trinajstić information content (AvgIpc) is 2.84. The Kier molecular flexibility index (Phi) is 2.89. The zero-order valence-electron chi connectivity index (χ0n) is 12.6. The first-order chi connectivity index (χ1) is 9.36. The van der Waals surface area contributed by atoms with Gasteiger partial charge in [-0.1, -0.05) is 18.2 Å². The van der Waals surface area contributed by atoms with Crippen LogP contribution in [-0.4, -0.2) is 30.2 Å². The topological polar surface area (TPSA) is 32.6 Å². The Morgan fingerprint density at radius 3 is 2.25 bits per heavy atom. The maximum absolute atomic E-state index is 6.10. The van der Waals surface area contributed by atoms with E-state index in [1.54, 1.807) is 11.8 Å². The van der Waals surface area contributed by atoms with Crippen LogP contribution in [0.4, 0.5) is 0 Å². The van der Waals surface area contributed by atoms with Crippen LogP contribution in [0.5, 0.6) is 0 Å². The fraction of sp³-hybridized carbons (Fsp3) is 0.467. The lowest BCUT2D eigenvalue weighted by Crippen LogP contribution is -2.41. The van der Waals surface area contributed by atoms with Gasteiger partial charge in [-0.25, -0.2) is 0 Å². The van der Waals surface area contributed by atoms with Crippen LogP contribution >= 0.6 is 0 Å². The standard InChI is InChI=1S/C15H20BNO3/c1-14(2)15(3,4)20-16(19-14)13-10-11-8-6-7-9-12(11)17(13)18-5/h6-10H,1-5H3. The van der Waals surface area contributed by atoms with Gasteiger partial charge in [-0.2, -0.15) is 4.73 Å². The van der Waals surface area contributed by atoms with Crippen LogP contribution in [0.2, 0.25) is 0 Å². The molecule has 1 aromatic carbocycles. The number of aromatic nitrogens is 1. The number of hydrogen-bond acceptors (Lipinski definition) is 3. The number of fused-ring (bicyclic) bond motifs is 1. The second-order valence-electron chi connectivity index (χ2n) is 6.19. The van der Waals surface area contributed by atoms with E-state index in [1.165, 1.54) is 0 Å². The molecule has 0 atom stereocenters. The number of benzene rings is 1. The van der Waals surface area contributed by atoms with Crippen LogP contribution in [0.15, 0.2) is 30.3 Å². The van der Waals surface area contributed by atoms with Crippen molar-refractivity contribution in [2.45, 2.75) is 38.9 Å². The van der Waals surface area contributed by atoms with E-state index in [1.807, 2.05) is 45.9 Å². The number of para-hydroxylation sites is 1. The van der Waals surface area contributed by atoms with Gasteiger partial charge in [0.1, 0.15) is 7.11 Å². The van der Waals surface area contributed by atoms with E-state index in [0.29, 0.717) is 0 Å². The highest BCUT2D eigenvalue weighted by atomic mass is 16.7. The molecular formula is C15H20BNO3. The van der Waals surface area contributed by atoms with Gasteiger partial charge in [-0.05, 0) is 39.8 Å². The summed E-state index contributed by atoms with van der Waals surface area (Å²) >= 11 is 0. The summed E-state index contributed by atoms with van der Waals surface area (Å²) in [5.74, 6) is 0. The predicted molar refractivity (Wildman–Crippen MR) is 80.2 cm³/mol. The van der Waals surface area contributed by atoms with Gasteiger partial charge in [0.25, 0.3) is 0 Å². The molecule has 1 aromatic heterocycles. The van der Waals surface area contributed by atoms with E-state index in [0.717, 1.165) is 16.5 Å². The van der Waals surface area contributed by atoms with Crippen molar-refractivity contribution in [2.24, 2.45) is 0 Å². The summed E-state index contributed by atoms with van der Waals surface area (Å²) in [6, 6.07) is 10.1. The summed E-state index contributed by atoms with van der Waals surface area (Å²) in [5.41, 5.74) is 1.19. The zero-order chi connectivity index (χ0) is 14.5. The molecule has 5 heteroatoms. The van der Waals surface area contributed by atoms with Gasteiger partial charge in [0, 0.05) is 5.39 Å². The molecule has 0 spiro atoms. The second-order valence-corrected chi connectivity index (χ2v) is 6.19. The first-order valence-corrected chi connectivity index (χ1v) is 6.86. The van der Waals surface area contributed by atoms with Crippen molar-refractivity contribution in [1.29, 1.82) is 0 Å². The fourth-order valence-corrected chi connectivity index (χ4v) is 2.48. The maximum Gasteiger partial charge on any atom is 0.516 e. The van der Waals surface area contributed by atoms with E-state index >= 15 is 0 Å². The van der Waals surface area contributed by atoms with Crippen LogP contribution < -0.4 is 10.4 Å². The molecular weight excluding hydrogens is 253 g/mol. The first kappa shape index (κ1) is 13.5. The lowest BCUT2D eigenvalue weighted by atomic mass is 9.85. The highest BCUT2D eigenvalue weighted by Crippen LogP contribution is 2.36. The molecule has 0 radical (unpaired) electrons. The van der Waals surface area contributed by atoms with Gasteiger partial charge in [0.05, 0.1) is 22.3 Å². The summed E-state index contributed by atoms with van der Waals surface area (Å²) < 4.78 is 14.0. The molecule has 3 rings (SSSR count). The lowest BCUT2D eigenvalue weighted by Gasteiger charge is -2.32. The van der Waals surface area contributed by atoms with Crippen LogP contribution in [0.25, 0.3) is 10.9 Å². The summed E-state index contributed by atoms with van der Waals surface area (Å²) in [7, 11) is 1.23. The molecule has 2 aromatic rings. The minimum Gasteiger partial charge on any atom is -0.417 e. The molecule has 0 aliphatic carbocycles. The van der Waals surface area contributed by atoms with Crippen molar-refractivity contribution in [3.05, 3.63) is 30.3 Å². The molecule has 0 unspecified atom stereocenters. The van der Waals surface area contributed by atoms with Crippen molar-refractivity contribution in [3.63, 3.8) is 0 Å². The quantitative estimate of drug-likeness (QED) is 0.784. The highest BCUT2D eigenvalue weighted by molar-refractivity contribution is 6.61. The molecule has 0 amide bonds. The van der Waals surface area contributed by atoms with Gasteiger partial charge in [-0.15, -0.1) is 0 Å². The van der Waals surface area contributed by atoms with Crippen LogP contribution in [-0.2, 0) is 9.31 Å². The highest BCUT2D eigenvalue weighted by Gasteiger charge is 2.53. The normalized spacial score (nSPS) is 20.6. The zero-order valence-corrected chi connectivity index (χ0v) is 12.6. The molecule has 1 saturated heterocycles. The number of rotatable bonds is 2. The monoisotopic (exact) mass is 273 g/mol. The van der Waals surface area contributed by atoms with Gasteiger partial charge >= 0.3 is 7.12 Å². The van der Waals surface area contributed by atoms with Gasteiger partial charge in [0.15, 0.2) is 0 Å². The summed E-state index contributed by atoms with van der Waals surface area (Å²) in [6.07, 6.45) is 0. The second kappa shape index (κ2) is 4.27. The minimum atomic E-state index is -0.424. The van der Waals surface area contributed by atoms with E-state index in [2.05, 4.69) is 12.1 Å². The van der Waals surface area contributed by atoms with E-state index < -0.39 is 7.12 Å². The fourth-order valence-electron chi connectivity index (χ4n) is 2.48. The van der Waals surface area contributed by atoms with E-state index in [4.69, 9.17) is 14.1 Å². The third kappa shape index (κ3) is 1.85. The van der Waals surface area contributed by atoms with Crippen molar-refractivity contribution >= 4 is 23.6 Å². The van der Waals surface area contributed by atoms with Crippen LogP contribution in [0, 0.1) is 0 Å². The molecule has 1 fully saturated rings. The molecule has 0 saturated carbocycles. The largest absolute Gasteiger partial charge is 0.516 e. The number of nitrogens with zero attached hydrogens (tertiary/aromatic N) is 1. The predicted octanol–water partition coefficient (Wildman–Crippen LogP) is 2.00. The minimum absolute atomic E-state index is 0.354. The number of hydrogen-bond donors (Lipinski definition) is 0. The summed E-state index contributed by atoms with van der Waals surface area (Å²) in [6.45, 7) is 8.19. The Balaban J connectivity index is 2.08. The van der Waals surface area contributed by atoms with Crippen molar-refractivity contribution < 1.29 is 14.1 Å². The van der Waals surface area contributed by atoms with Crippen LogP contribution in [0.3, 0.4) is 0 Å². The third-order valence-electron chi connectivity index (χ3n) is 4.37. The summed E-state index contributed by atoms with van der Waals surface area (Å²) in [4.78, 5) is 5.50. The van der Waals surface area contributed by atoms with Crippen molar-refractivity contribution in [2.75, 3.05) is 7.11 Å². The third-order valence-corrected chi connectivity index (χ3v) is 4.37. The Bertz CT molecular complexity index is 632. The van der Waals surface area contributed by atoms with Crippen molar-refractivity contribution in [1.82, 2.24) is 4.73 Å². The van der Waals surface area contributed by atoms with E-state index in [-0.39, 0.29) is 11.2 Å². The molecule has 4 nitrogen and oxygen atoms in total. The molecule has 1 aliphatic rings. The smallest absolute Gasteiger partial charge is 0.417 e. The van der Waals surface area contributed by atoms with Gasteiger partial charge in [-0.3, -0.25) is 0 Å². The molecule has 0 bridgehead atoms. The van der Waals surface area contributed by atoms with Gasteiger partial charge in [0.2, 0.25) is 0 Å². The molecule has 0 N–H and O–H groups in total. The van der Waals surface area contributed by atoms with Crippen LogP contribution in [0.1, 0.15) is 27.7 Å². The van der Waals surface area contributed by atoms with Crippen molar-refractivity contribution in [3.8, 4) is 0 Å². The average molecular weight is 273 g/mol. The SMILES string of the molecule is COn1c(B2OC(C)(C)C(C)(C)O2)cc2ccccc21. The Hall–Kier alpha value is -1.46. The Labute approximate surface area is 119 Å². The molecule has 1 aliphatic heterocycles. The summed E-state index contributed by atoms with van der Waals surface area (Å²) in [5, 5.41) is 1.11. The first-order valence-electron chi connectivity index (χ1n) is 6.86. The Morgan fingerprint density at radius 1 is 1.05 bits per heavy atom. The maximum atomic E-state index is 6.10. The van der Waals surface area contributed by atoms with Gasteiger partial charge < -0.3 is 14.1 Å². The van der Waals surface area contributed by atoms with E-state index in [9.17, 15) is 0 Å². The molecule has 2 heterocycles. The Morgan fingerprint density at radius 2 is 1.65 bits per heavy atom. The molecule has 106 valence electrons.